The topological polar surface area (TPSA) is 72.7 Å². The van der Waals surface area contributed by atoms with Crippen molar-refractivity contribution in [3.8, 4) is 11.4 Å². The van der Waals surface area contributed by atoms with E-state index in [0.717, 1.165) is 48.4 Å². The van der Waals surface area contributed by atoms with Crippen LogP contribution in [-0.2, 0) is 13.0 Å². The van der Waals surface area contributed by atoms with Crippen molar-refractivity contribution in [2.24, 2.45) is 0 Å². The summed E-state index contributed by atoms with van der Waals surface area (Å²) >= 11 is 0. The van der Waals surface area contributed by atoms with Crippen LogP contribution in [0.5, 0.6) is 0 Å². The molecular formula is C24H22FN5O. The third-order valence-corrected chi connectivity index (χ3v) is 5.73. The number of amides is 1. The van der Waals surface area contributed by atoms with Crippen LogP contribution in [0.25, 0.3) is 22.3 Å². The van der Waals surface area contributed by atoms with Gasteiger partial charge in [0.15, 0.2) is 5.82 Å². The second-order valence-corrected chi connectivity index (χ2v) is 7.89. The molecule has 1 N–H and O–H groups in total. The van der Waals surface area contributed by atoms with Gasteiger partial charge in [-0.1, -0.05) is 6.42 Å². The van der Waals surface area contributed by atoms with Gasteiger partial charge in [0, 0.05) is 35.7 Å². The van der Waals surface area contributed by atoms with Crippen LogP contribution in [0.2, 0.25) is 0 Å². The van der Waals surface area contributed by atoms with Crippen molar-refractivity contribution < 1.29 is 9.18 Å². The minimum absolute atomic E-state index is 0.250. The number of anilines is 1. The minimum Gasteiger partial charge on any atom is -0.322 e. The van der Waals surface area contributed by atoms with E-state index in [1.165, 1.54) is 18.6 Å². The molecule has 5 rings (SSSR count). The van der Waals surface area contributed by atoms with Crippen molar-refractivity contribution in [1.29, 1.82) is 0 Å². The number of fused-ring (bicyclic) bond motifs is 2. The first-order chi connectivity index (χ1) is 15.1. The van der Waals surface area contributed by atoms with Crippen LogP contribution in [0.4, 0.5) is 10.1 Å². The Kier molecular flexibility index (Phi) is 4.94. The molecule has 0 unspecified atom stereocenters. The van der Waals surface area contributed by atoms with Gasteiger partial charge < -0.3 is 9.88 Å². The first-order valence-corrected chi connectivity index (χ1v) is 10.5. The van der Waals surface area contributed by atoms with E-state index < -0.39 is 0 Å². The number of halogens is 1. The monoisotopic (exact) mass is 415 g/mol. The molecule has 3 heterocycles. The fraction of sp³-hybridized carbons (Fsp3) is 0.250. The number of rotatable bonds is 3. The number of aryl methyl sites for hydroxylation is 2. The van der Waals surface area contributed by atoms with Crippen LogP contribution in [0.15, 0.2) is 48.5 Å². The minimum atomic E-state index is -0.346. The largest absolute Gasteiger partial charge is 0.322 e. The number of nitrogens with zero attached hydrogens (tertiary/aromatic N) is 4. The maximum absolute atomic E-state index is 13.4. The molecule has 2 aromatic heterocycles. The van der Waals surface area contributed by atoms with E-state index >= 15 is 0 Å². The lowest BCUT2D eigenvalue weighted by Crippen LogP contribution is -2.14. The lowest BCUT2D eigenvalue weighted by molar-refractivity contribution is 0.102. The number of carbonyl (C=O) groups excluding carboxylic acids is 1. The van der Waals surface area contributed by atoms with Crippen LogP contribution in [0.3, 0.4) is 0 Å². The molecule has 4 aromatic rings. The Morgan fingerprint density at radius 1 is 1.03 bits per heavy atom. The number of nitrogens with one attached hydrogen (secondary N) is 1. The van der Waals surface area contributed by atoms with Gasteiger partial charge >= 0.3 is 0 Å². The average Bonchev–Trinajstić information content (AvgIpc) is 3.01. The predicted molar refractivity (Wildman–Crippen MR) is 117 cm³/mol. The van der Waals surface area contributed by atoms with E-state index in [4.69, 9.17) is 0 Å². The van der Waals surface area contributed by atoms with Gasteiger partial charge in [0.1, 0.15) is 11.6 Å². The Balaban J connectivity index is 1.37. The molecule has 0 atom stereocenters. The Bertz CT molecular complexity index is 1280. The van der Waals surface area contributed by atoms with Crippen LogP contribution in [-0.4, -0.2) is 25.7 Å². The summed E-state index contributed by atoms with van der Waals surface area (Å²) in [5.74, 6) is 1.32. The highest BCUT2D eigenvalue weighted by Gasteiger charge is 2.17. The fourth-order valence-corrected chi connectivity index (χ4v) is 4.07. The molecule has 1 amide bonds. The Morgan fingerprint density at radius 2 is 1.87 bits per heavy atom. The van der Waals surface area contributed by atoms with Crippen molar-refractivity contribution in [2.45, 2.75) is 39.2 Å². The molecular weight excluding hydrogens is 393 g/mol. The quantitative estimate of drug-likeness (QED) is 0.516. The van der Waals surface area contributed by atoms with Crippen molar-refractivity contribution >= 4 is 22.5 Å². The van der Waals surface area contributed by atoms with Crippen molar-refractivity contribution in [3.63, 3.8) is 0 Å². The van der Waals surface area contributed by atoms with Gasteiger partial charge in [-0.2, -0.15) is 0 Å². The molecule has 2 aromatic carbocycles. The normalized spacial score (nSPS) is 13.6. The van der Waals surface area contributed by atoms with Crippen molar-refractivity contribution in [3.05, 3.63) is 71.4 Å². The Labute approximate surface area is 179 Å². The molecule has 31 heavy (non-hydrogen) atoms. The first-order valence-electron chi connectivity index (χ1n) is 10.5. The summed E-state index contributed by atoms with van der Waals surface area (Å²) in [7, 11) is 0. The van der Waals surface area contributed by atoms with Gasteiger partial charge in [0.25, 0.3) is 5.91 Å². The zero-order valence-corrected chi connectivity index (χ0v) is 17.2. The maximum atomic E-state index is 13.4. The highest BCUT2D eigenvalue weighted by molar-refractivity contribution is 6.06. The van der Waals surface area contributed by atoms with Gasteiger partial charge in [-0.3, -0.25) is 9.78 Å². The molecule has 0 bridgehead atoms. The molecule has 1 aliphatic rings. The van der Waals surface area contributed by atoms with Gasteiger partial charge in [0.05, 0.1) is 16.8 Å². The predicted octanol–water partition coefficient (Wildman–Crippen LogP) is 4.92. The van der Waals surface area contributed by atoms with E-state index in [2.05, 4.69) is 25.1 Å². The highest BCUT2D eigenvalue weighted by Crippen LogP contribution is 2.25. The fourth-order valence-electron chi connectivity index (χ4n) is 4.07. The Morgan fingerprint density at radius 3 is 2.71 bits per heavy atom. The van der Waals surface area contributed by atoms with E-state index in [0.29, 0.717) is 22.5 Å². The van der Waals surface area contributed by atoms with E-state index in [-0.39, 0.29) is 11.7 Å². The van der Waals surface area contributed by atoms with Crippen LogP contribution in [0, 0.1) is 12.7 Å². The third-order valence-electron chi connectivity index (χ3n) is 5.73. The third kappa shape index (κ3) is 3.79. The molecule has 0 fully saturated rings. The smallest absolute Gasteiger partial charge is 0.257 e. The number of aromatic nitrogens is 4. The maximum Gasteiger partial charge on any atom is 0.257 e. The Hall–Kier alpha value is -3.61. The standard InChI is InChI=1S/C24H22FN5O/c1-15-20(13-17-6-9-18(25)14-21(17)26-15)24(31)27-19-10-7-16(8-11-19)23-29-28-22-5-3-2-4-12-30(22)23/h6-11,13-14H,2-5,12H2,1H3,(H,27,31). The molecule has 0 saturated heterocycles. The molecule has 7 heteroatoms. The molecule has 1 aliphatic heterocycles. The number of pyridine rings is 1. The molecule has 0 spiro atoms. The summed E-state index contributed by atoms with van der Waals surface area (Å²) in [6.45, 7) is 2.69. The van der Waals surface area contributed by atoms with Gasteiger partial charge in [-0.25, -0.2) is 4.39 Å². The van der Waals surface area contributed by atoms with Crippen LogP contribution >= 0.6 is 0 Å². The van der Waals surface area contributed by atoms with Gasteiger partial charge in [-0.15, -0.1) is 10.2 Å². The molecule has 0 saturated carbocycles. The number of hydrogen-bond donors (Lipinski definition) is 1. The molecule has 0 radical (unpaired) electrons. The number of hydrogen-bond acceptors (Lipinski definition) is 4. The van der Waals surface area contributed by atoms with Gasteiger partial charge in [-0.05, 0) is 62.2 Å². The summed E-state index contributed by atoms with van der Waals surface area (Å²) in [5.41, 5.74) is 3.21. The zero-order valence-electron chi connectivity index (χ0n) is 17.2. The van der Waals surface area contributed by atoms with Gasteiger partial charge in [0.2, 0.25) is 0 Å². The average molecular weight is 415 g/mol. The SMILES string of the molecule is Cc1nc2cc(F)ccc2cc1C(=O)Nc1ccc(-c2nnc3n2CCCCC3)cc1. The molecule has 0 aliphatic carbocycles. The summed E-state index contributed by atoms with van der Waals surface area (Å²) in [6, 6.07) is 13.7. The highest BCUT2D eigenvalue weighted by atomic mass is 19.1. The van der Waals surface area contributed by atoms with E-state index in [1.54, 1.807) is 19.1 Å². The van der Waals surface area contributed by atoms with Crippen LogP contribution in [0.1, 0.15) is 41.1 Å². The lowest BCUT2D eigenvalue weighted by atomic mass is 10.1. The summed E-state index contributed by atoms with van der Waals surface area (Å²) in [5, 5.41) is 12.4. The first kappa shape index (κ1) is 19.4. The summed E-state index contributed by atoms with van der Waals surface area (Å²) in [6.07, 6.45) is 4.47. The zero-order chi connectivity index (χ0) is 21.4. The molecule has 156 valence electrons. The summed E-state index contributed by atoms with van der Waals surface area (Å²) in [4.78, 5) is 17.2. The van der Waals surface area contributed by atoms with E-state index in [9.17, 15) is 9.18 Å². The second-order valence-electron chi connectivity index (χ2n) is 7.89. The molecule has 6 nitrogen and oxygen atoms in total. The second kappa shape index (κ2) is 7.91. The van der Waals surface area contributed by atoms with E-state index in [1.807, 2.05) is 24.3 Å². The van der Waals surface area contributed by atoms with Crippen LogP contribution < -0.4 is 5.32 Å². The lowest BCUT2D eigenvalue weighted by Gasteiger charge is -2.10. The van der Waals surface area contributed by atoms with Crippen molar-refractivity contribution in [2.75, 3.05) is 5.32 Å². The number of carbonyl (C=O) groups is 1. The number of benzene rings is 2. The summed E-state index contributed by atoms with van der Waals surface area (Å²) < 4.78 is 15.6. The van der Waals surface area contributed by atoms with Crippen molar-refractivity contribution in [1.82, 2.24) is 19.7 Å².